The molecule has 1 aliphatic heterocycles. The molecule has 1 aromatic rings. The van der Waals surface area contributed by atoms with Crippen LogP contribution in [0.15, 0.2) is 18.2 Å². The quantitative estimate of drug-likeness (QED) is 0.879. The molecule has 2 rings (SSSR count). The molecular weight excluding hydrogens is 241 g/mol. The van der Waals surface area contributed by atoms with Gasteiger partial charge in [0.25, 0.3) is 0 Å². The van der Waals surface area contributed by atoms with Crippen LogP contribution in [0, 0.1) is 5.82 Å². The van der Waals surface area contributed by atoms with Crippen molar-refractivity contribution in [2.45, 2.75) is 20.4 Å². The minimum absolute atomic E-state index is 0.149. The molecule has 0 aromatic heterocycles. The normalized spacial score (nSPS) is 16.9. The number of hydrogen-bond acceptors (Lipinski definition) is 3. The highest BCUT2D eigenvalue weighted by atomic mass is 19.1. The number of rotatable bonds is 5. The van der Waals surface area contributed by atoms with E-state index in [0.717, 1.165) is 51.4 Å². The number of likely N-dealkylation sites (N-methyl/N-ethyl adjacent to an activating group) is 1. The van der Waals surface area contributed by atoms with E-state index in [1.54, 1.807) is 12.1 Å². The third-order valence-corrected chi connectivity index (χ3v) is 3.77. The van der Waals surface area contributed by atoms with E-state index in [2.05, 4.69) is 29.0 Å². The zero-order valence-electron chi connectivity index (χ0n) is 12.0. The van der Waals surface area contributed by atoms with Gasteiger partial charge >= 0.3 is 0 Å². The van der Waals surface area contributed by atoms with Crippen LogP contribution in [0.3, 0.4) is 0 Å². The zero-order valence-corrected chi connectivity index (χ0v) is 12.0. The van der Waals surface area contributed by atoms with Crippen LogP contribution in [-0.2, 0) is 6.54 Å². The number of nitrogens with zero attached hydrogens (tertiary/aromatic N) is 2. The maximum absolute atomic E-state index is 13.4. The molecule has 0 saturated carbocycles. The van der Waals surface area contributed by atoms with Crippen LogP contribution in [0.1, 0.15) is 19.4 Å². The van der Waals surface area contributed by atoms with E-state index in [1.165, 1.54) is 5.69 Å². The molecule has 1 fully saturated rings. The molecular formula is C15H24FN3. The lowest BCUT2D eigenvalue weighted by Crippen LogP contribution is -2.46. The van der Waals surface area contributed by atoms with Crippen molar-refractivity contribution in [3.8, 4) is 0 Å². The van der Waals surface area contributed by atoms with Crippen LogP contribution in [0.25, 0.3) is 0 Å². The second kappa shape index (κ2) is 6.87. The summed E-state index contributed by atoms with van der Waals surface area (Å²) in [6.07, 6.45) is 0. The first-order valence-corrected chi connectivity index (χ1v) is 7.21. The van der Waals surface area contributed by atoms with Gasteiger partial charge in [-0.15, -0.1) is 0 Å². The lowest BCUT2D eigenvalue weighted by molar-refractivity contribution is 0.271. The van der Waals surface area contributed by atoms with Crippen LogP contribution in [-0.4, -0.2) is 44.2 Å². The molecule has 0 radical (unpaired) electrons. The molecule has 3 nitrogen and oxygen atoms in total. The van der Waals surface area contributed by atoms with E-state index >= 15 is 0 Å². The molecule has 0 aliphatic carbocycles. The summed E-state index contributed by atoms with van der Waals surface area (Å²) in [5.41, 5.74) is 2.24. The fourth-order valence-electron chi connectivity index (χ4n) is 2.57. The molecule has 106 valence electrons. The lowest BCUT2D eigenvalue weighted by atomic mass is 10.1. The number of anilines is 1. The molecule has 0 unspecified atom stereocenters. The van der Waals surface area contributed by atoms with Crippen molar-refractivity contribution in [3.63, 3.8) is 0 Å². The highest BCUT2D eigenvalue weighted by Crippen LogP contribution is 2.23. The number of nitrogens with one attached hydrogen (secondary N) is 1. The number of piperazine rings is 1. The highest BCUT2D eigenvalue weighted by molar-refractivity contribution is 5.54. The minimum atomic E-state index is -0.149. The van der Waals surface area contributed by atoms with Crippen molar-refractivity contribution in [3.05, 3.63) is 29.6 Å². The van der Waals surface area contributed by atoms with Gasteiger partial charge in [-0.05, 0) is 36.9 Å². The summed E-state index contributed by atoms with van der Waals surface area (Å²) in [7, 11) is 0. The lowest BCUT2D eigenvalue weighted by Gasteiger charge is -2.36. The van der Waals surface area contributed by atoms with Crippen LogP contribution >= 0.6 is 0 Å². The van der Waals surface area contributed by atoms with Gasteiger partial charge in [0.2, 0.25) is 0 Å². The summed E-state index contributed by atoms with van der Waals surface area (Å²) in [4.78, 5) is 4.82. The second-order valence-corrected chi connectivity index (χ2v) is 4.97. The smallest absolute Gasteiger partial charge is 0.123 e. The Bertz CT molecular complexity index is 400. The molecule has 0 amide bonds. The van der Waals surface area contributed by atoms with Gasteiger partial charge in [-0.25, -0.2) is 4.39 Å². The third kappa shape index (κ3) is 3.67. The summed E-state index contributed by atoms with van der Waals surface area (Å²) in [5, 5.41) is 3.29. The van der Waals surface area contributed by atoms with E-state index in [4.69, 9.17) is 0 Å². The maximum Gasteiger partial charge on any atom is 0.123 e. The van der Waals surface area contributed by atoms with E-state index in [-0.39, 0.29) is 5.82 Å². The molecule has 4 heteroatoms. The molecule has 1 N–H and O–H groups in total. The van der Waals surface area contributed by atoms with Gasteiger partial charge in [-0.3, -0.25) is 0 Å². The molecule has 1 heterocycles. The number of hydrogen-bond donors (Lipinski definition) is 1. The Balaban J connectivity index is 2.10. The van der Waals surface area contributed by atoms with Gasteiger partial charge in [0.1, 0.15) is 5.82 Å². The first kappa shape index (κ1) is 14.3. The SMILES string of the molecule is CCNCc1cc(F)ccc1N1CCN(CC)CC1. The van der Waals surface area contributed by atoms with Crippen LogP contribution in [0.5, 0.6) is 0 Å². The Morgan fingerprint density at radius 2 is 1.89 bits per heavy atom. The Morgan fingerprint density at radius 1 is 1.16 bits per heavy atom. The van der Waals surface area contributed by atoms with Gasteiger partial charge in [0, 0.05) is 38.4 Å². The number of benzene rings is 1. The average Bonchev–Trinajstić information content (AvgIpc) is 2.45. The summed E-state index contributed by atoms with van der Waals surface area (Å²) >= 11 is 0. The Morgan fingerprint density at radius 3 is 2.53 bits per heavy atom. The minimum Gasteiger partial charge on any atom is -0.369 e. The van der Waals surface area contributed by atoms with Gasteiger partial charge in [0.15, 0.2) is 0 Å². The largest absolute Gasteiger partial charge is 0.369 e. The molecule has 1 aliphatic rings. The van der Waals surface area contributed by atoms with Gasteiger partial charge in [0.05, 0.1) is 0 Å². The molecule has 1 aromatic carbocycles. The van der Waals surface area contributed by atoms with Crippen LogP contribution in [0.2, 0.25) is 0 Å². The van der Waals surface area contributed by atoms with E-state index in [0.29, 0.717) is 0 Å². The van der Waals surface area contributed by atoms with Crippen molar-refractivity contribution in [2.75, 3.05) is 44.2 Å². The van der Waals surface area contributed by atoms with Crippen molar-refractivity contribution in [1.82, 2.24) is 10.2 Å². The summed E-state index contributed by atoms with van der Waals surface area (Å²) in [6.45, 7) is 11.3. The standard InChI is InChI=1S/C15H24FN3/c1-3-17-12-13-11-14(16)5-6-15(13)19-9-7-18(4-2)8-10-19/h5-6,11,17H,3-4,7-10,12H2,1-2H3. The molecule has 0 bridgehead atoms. The summed E-state index contributed by atoms with van der Waals surface area (Å²) in [6, 6.07) is 5.14. The van der Waals surface area contributed by atoms with E-state index in [9.17, 15) is 4.39 Å². The van der Waals surface area contributed by atoms with E-state index in [1.807, 2.05) is 6.07 Å². The maximum atomic E-state index is 13.4. The fraction of sp³-hybridized carbons (Fsp3) is 0.600. The third-order valence-electron chi connectivity index (χ3n) is 3.77. The summed E-state index contributed by atoms with van der Waals surface area (Å²) in [5.74, 6) is -0.149. The molecule has 0 atom stereocenters. The highest BCUT2D eigenvalue weighted by Gasteiger charge is 2.18. The van der Waals surface area contributed by atoms with Gasteiger partial charge < -0.3 is 15.1 Å². The van der Waals surface area contributed by atoms with Gasteiger partial charge in [-0.1, -0.05) is 13.8 Å². The predicted octanol–water partition coefficient (Wildman–Crippen LogP) is 2.08. The zero-order chi connectivity index (χ0) is 13.7. The van der Waals surface area contributed by atoms with Crippen molar-refractivity contribution < 1.29 is 4.39 Å². The number of halogens is 1. The Kier molecular flexibility index (Phi) is 5.16. The molecule has 19 heavy (non-hydrogen) atoms. The van der Waals surface area contributed by atoms with Gasteiger partial charge in [-0.2, -0.15) is 0 Å². The Labute approximate surface area is 115 Å². The van der Waals surface area contributed by atoms with E-state index < -0.39 is 0 Å². The topological polar surface area (TPSA) is 18.5 Å². The second-order valence-electron chi connectivity index (χ2n) is 4.97. The molecule has 1 saturated heterocycles. The predicted molar refractivity (Wildman–Crippen MR) is 78.1 cm³/mol. The first-order valence-electron chi connectivity index (χ1n) is 7.21. The Hall–Kier alpha value is -1.13. The first-order chi connectivity index (χ1) is 9.24. The van der Waals surface area contributed by atoms with Crippen molar-refractivity contribution in [2.24, 2.45) is 0 Å². The monoisotopic (exact) mass is 265 g/mol. The summed E-state index contributed by atoms with van der Waals surface area (Å²) < 4.78 is 13.4. The average molecular weight is 265 g/mol. The van der Waals surface area contributed by atoms with Crippen molar-refractivity contribution >= 4 is 5.69 Å². The molecule has 0 spiro atoms. The van der Waals surface area contributed by atoms with Crippen LogP contribution in [0.4, 0.5) is 10.1 Å². The fourth-order valence-corrected chi connectivity index (χ4v) is 2.57. The van der Waals surface area contributed by atoms with Crippen LogP contribution < -0.4 is 10.2 Å². The van der Waals surface area contributed by atoms with Crippen molar-refractivity contribution in [1.29, 1.82) is 0 Å².